The van der Waals surface area contributed by atoms with Crippen molar-refractivity contribution in [2.24, 2.45) is 22.7 Å². The zero-order valence-corrected chi connectivity index (χ0v) is 13.3. The molecule has 0 bridgehead atoms. The Labute approximate surface area is 114 Å². The predicted molar refractivity (Wildman–Crippen MR) is 77.7 cm³/mol. The fourth-order valence-corrected chi connectivity index (χ4v) is 5.28. The molecule has 0 unspecified atom stereocenters. The zero-order valence-electron chi connectivity index (χ0n) is 13.3. The minimum absolute atomic E-state index is 0.105. The maximum absolute atomic E-state index is 6.16. The molecule has 0 aromatic rings. The van der Waals surface area contributed by atoms with Gasteiger partial charge in [0, 0.05) is 6.61 Å². The van der Waals surface area contributed by atoms with E-state index in [1.165, 1.54) is 32.1 Å². The monoisotopic (exact) mass is 252 g/mol. The Bertz CT molecular complexity index is 309. The Kier molecular flexibility index (Phi) is 3.60. The minimum atomic E-state index is 0.105. The van der Waals surface area contributed by atoms with Gasteiger partial charge in [-0.1, -0.05) is 34.1 Å². The highest BCUT2D eigenvalue weighted by Crippen LogP contribution is 2.62. The largest absolute Gasteiger partial charge is 0.375 e. The molecule has 106 valence electrons. The normalized spacial score (nSPS) is 47.7. The van der Waals surface area contributed by atoms with Crippen molar-refractivity contribution in [1.82, 2.24) is 0 Å². The molecule has 0 N–H and O–H groups in total. The molecule has 4 atom stereocenters. The van der Waals surface area contributed by atoms with Gasteiger partial charge in [-0.15, -0.1) is 0 Å². The third-order valence-electron chi connectivity index (χ3n) is 6.58. The van der Waals surface area contributed by atoms with E-state index in [0.717, 1.165) is 12.5 Å². The van der Waals surface area contributed by atoms with E-state index in [1.54, 1.807) is 0 Å². The summed E-state index contributed by atoms with van der Waals surface area (Å²) in [7, 11) is 0. The zero-order chi connectivity index (χ0) is 13.6. The van der Waals surface area contributed by atoms with Crippen LogP contribution in [0.4, 0.5) is 0 Å². The SMILES string of the molecule is CCO[C@@]1(C)CC[C@H]2C(C)(C)CCC[C@]2(C)[C@@H]1C. The van der Waals surface area contributed by atoms with Crippen molar-refractivity contribution < 1.29 is 4.74 Å². The third kappa shape index (κ3) is 2.03. The fourth-order valence-electron chi connectivity index (χ4n) is 5.28. The Balaban J connectivity index is 2.29. The Hall–Kier alpha value is -0.0400. The summed E-state index contributed by atoms with van der Waals surface area (Å²) < 4.78 is 6.16. The molecule has 2 fully saturated rings. The van der Waals surface area contributed by atoms with E-state index in [2.05, 4.69) is 41.5 Å². The van der Waals surface area contributed by atoms with Gasteiger partial charge >= 0.3 is 0 Å². The minimum Gasteiger partial charge on any atom is -0.375 e. The quantitative estimate of drug-likeness (QED) is 0.668. The first-order valence-corrected chi connectivity index (χ1v) is 7.90. The second kappa shape index (κ2) is 4.51. The van der Waals surface area contributed by atoms with Crippen LogP contribution >= 0.6 is 0 Å². The van der Waals surface area contributed by atoms with E-state index in [4.69, 9.17) is 4.74 Å². The second-order valence-electron chi connectivity index (χ2n) is 7.91. The lowest BCUT2D eigenvalue weighted by Crippen LogP contribution is -2.57. The molecule has 0 aromatic heterocycles. The molecule has 0 amide bonds. The van der Waals surface area contributed by atoms with Gasteiger partial charge in [-0.05, 0) is 62.2 Å². The first kappa shape index (κ1) is 14.4. The van der Waals surface area contributed by atoms with Crippen molar-refractivity contribution in [1.29, 1.82) is 0 Å². The van der Waals surface area contributed by atoms with Crippen LogP contribution in [0.2, 0.25) is 0 Å². The first-order valence-electron chi connectivity index (χ1n) is 7.90. The highest BCUT2D eigenvalue weighted by molar-refractivity contribution is 5.06. The van der Waals surface area contributed by atoms with Gasteiger partial charge < -0.3 is 4.74 Å². The van der Waals surface area contributed by atoms with E-state index in [9.17, 15) is 0 Å². The van der Waals surface area contributed by atoms with Crippen LogP contribution in [0, 0.1) is 22.7 Å². The molecule has 2 saturated carbocycles. The molecule has 18 heavy (non-hydrogen) atoms. The molecule has 0 spiro atoms. The molecular formula is C17H32O. The van der Waals surface area contributed by atoms with E-state index < -0.39 is 0 Å². The molecule has 0 aromatic carbocycles. The van der Waals surface area contributed by atoms with Gasteiger partial charge in [-0.3, -0.25) is 0 Å². The molecule has 0 saturated heterocycles. The smallest absolute Gasteiger partial charge is 0.0685 e. The van der Waals surface area contributed by atoms with Crippen molar-refractivity contribution in [3.8, 4) is 0 Å². The second-order valence-corrected chi connectivity index (χ2v) is 7.91. The Morgan fingerprint density at radius 2 is 1.72 bits per heavy atom. The summed E-state index contributed by atoms with van der Waals surface area (Å²) >= 11 is 0. The number of hydrogen-bond acceptors (Lipinski definition) is 1. The van der Waals surface area contributed by atoms with Gasteiger partial charge in [0.25, 0.3) is 0 Å². The molecule has 1 heteroatoms. The van der Waals surface area contributed by atoms with Crippen molar-refractivity contribution in [2.45, 2.75) is 79.2 Å². The molecule has 0 aliphatic heterocycles. The summed E-state index contributed by atoms with van der Waals surface area (Å²) in [5.41, 5.74) is 1.10. The predicted octanol–water partition coefficient (Wildman–Crippen LogP) is 5.04. The van der Waals surface area contributed by atoms with Crippen LogP contribution in [-0.2, 0) is 4.74 Å². The topological polar surface area (TPSA) is 9.23 Å². The van der Waals surface area contributed by atoms with Crippen molar-refractivity contribution in [3.63, 3.8) is 0 Å². The molecule has 0 radical (unpaired) electrons. The Morgan fingerprint density at radius 3 is 2.33 bits per heavy atom. The summed E-state index contributed by atoms with van der Waals surface area (Å²) in [6.45, 7) is 15.3. The maximum Gasteiger partial charge on any atom is 0.0685 e. The van der Waals surface area contributed by atoms with Gasteiger partial charge in [0.05, 0.1) is 5.60 Å². The van der Waals surface area contributed by atoms with Crippen LogP contribution in [0.25, 0.3) is 0 Å². The van der Waals surface area contributed by atoms with E-state index in [0.29, 0.717) is 16.7 Å². The van der Waals surface area contributed by atoms with Crippen LogP contribution in [0.3, 0.4) is 0 Å². The average molecular weight is 252 g/mol. The van der Waals surface area contributed by atoms with Crippen LogP contribution in [0.5, 0.6) is 0 Å². The fraction of sp³-hybridized carbons (Fsp3) is 1.00. The van der Waals surface area contributed by atoms with Crippen molar-refractivity contribution in [2.75, 3.05) is 6.61 Å². The molecular weight excluding hydrogens is 220 g/mol. The molecule has 2 aliphatic carbocycles. The van der Waals surface area contributed by atoms with Gasteiger partial charge in [-0.2, -0.15) is 0 Å². The summed E-state index contributed by atoms with van der Waals surface area (Å²) in [5, 5.41) is 0. The standard InChI is InChI=1S/C17H32O/c1-7-18-17(6)12-9-14-15(3,4)10-8-11-16(14,5)13(17)2/h13-14H,7-12H2,1-6H3/t13-,14-,16+,17-/m0/s1. The van der Waals surface area contributed by atoms with Gasteiger partial charge in [0.2, 0.25) is 0 Å². The van der Waals surface area contributed by atoms with Crippen LogP contribution in [-0.4, -0.2) is 12.2 Å². The van der Waals surface area contributed by atoms with Gasteiger partial charge in [-0.25, -0.2) is 0 Å². The Morgan fingerprint density at radius 1 is 1.06 bits per heavy atom. The van der Waals surface area contributed by atoms with E-state index in [1.807, 2.05) is 0 Å². The molecule has 1 nitrogen and oxygen atoms in total. The van der Waals surface area contributed by atoms with Crippen molar-refractivity contribution >= 4 is 0 Å². The van der Waals surface area contributed by atoms with Crippen molar-refractivity contribution in [3.05, 3.63) is 0 Å². The maximum atomic E-state index is 6.16. The van der Waals surface area contributed by atoms with Crippen LogP contribution < -0.4 is 0 Å². The van der Waals surface area contributed by atoms with Crippen LogP contribution in [0.15, 0.2) is 0 Å². The third-order valence-corrected chi connectivity index (χ3v) is 6.58. The van der Waals surface area contributed by atoms with Gasteiger partial charge in [0.1, 0.15) is 0 Å². The lowest BCUT2D eigenvalue weighted by atomic mass is 9.46. The number of rotatable bonds is 2. The lowest BCUT2D eigenvalue weighted by Gasteiger charge is -2.61. The first-order chi connectivity index (χ1) is 8.26. The highest BCUT2D eigenvalue weighted by Gasteiger charge is 2.56. The number of hydrogen-bond donors (Lipinski definition) is 0. The summed E-state index contributed by atoms with van der Waals surface area (Å²) in [6.07, 6.45) is 6.79. The summed E-state index contributed by atoms with van der Waals surface area (Å²) in [4.78, 5) is 0. The molecule has 0 heterocycles. The average Bonchev–Trinajstić information content (AvgIpc) is 2.25. The summed E-state index contributed by atoms with van der Waals surface area (Å²) in [5.74, 6) is 1.55. The van der Waals surface area contributed by atoms with E-state index >= 15 is 0 Å². The molecule has 2 rings (SSSR count). The highest BCUT2D eigenvalue weighted by atomic mass is 16.5. The number of ether oxygens (including phenoxy) is 1. The van der Waals surface area contributed by atoms with E-state index in [-0.39, 0.29) is 5.60 Å². The number of fused-ring (bicyclic) bond motifs is 1. The van der Waals surface area contributed by atoms with Crippen LogP contribution in [0.1, 0.15) is 73.6 Å². The summed E-state index contributed by atoms with van der Waals surface area (Å²) in [6, 6.07) is 0. The molecule has 2 aliphatic rings. The van der Waals surface area contributed by atoms with Gasteiger partial charge in [0.15, 0.2) is 0 Å². The lowest BCUT2D eigenvalue weighted by molar-refractivity contribution is -0.183.